The van der Waals surface area contributed by atoms with Crippen LogP contribution in [-0.4, -0.2) is 35.3 Å². The smallest absolute Gasteiger partial charge is 0.407 e. The van der Waals surface area contributed by atoms with E-state index >= 15 is 0 Å². The fraction of sp³-hybridized carbons (Fsp3) is 0.929. The van der Waals surface area contributed by atoms with Crippen LogP contribution in [0.15, 0.2) is 0 Å². The molecule has 3 N–H and O–H groups in total. The van der Waals surface area contributed by atoms with Gasteiger partial charge in [0.1, 0.15) is 5.60 Å². The summed E-state index contributed by atoms with van der Waals surface area (Å²) in [6, 6.07) is 0.220. The molecule has 1 heterocycles. The van der Waals surface area contributed by atoms with Crippen molar-refractivity contribution in [2.75, 3.05) is 12.3 Å². The summed E-state index contributed by atoms with van der Waals surface area (Å²) in [5.74, 6) is 1.61. The summed E-state index contributed by atoms with van der Waals surface area (Å²) in [7, 11) is 0. The first-order chi connectivity index (χ1) is 8.83. The molecule has 0 spiro atoms. The number of hydrogen-bond donors (Lipinski definition) is 2. The normalized spacial score (nSPS) is 27.3. The van der Waals surface area contributed by atoms with Gasteiger partial charge in [-0.1, -0.05) is 13.3 Å². The Balaban J connectivity index is 2.45. The van der Waals surface area contributed by atoms with Gasteiger partial charge in [-0.25, -0.2) is 4.79 Å². The first-order valence-electron chi connectivity index (χ1n) is 7.14. The van der Waals surface area contributed by atoms with Crippen molar-refractivity contribution in [3.8, 4) is 0 Å². The van der Waals surface area contributed by atoms with E-state index in [1.165, 1.54) is 0 Å². The predicted molar refractivity (Wildman–Crippen MR) is 81.5 cm³/mol. The summed E-state index contributed by atoms with van der Waals surface area (Å²) in [5.41, 5.74) is 5.09. The second-order valence-electron chi connectivity index (χ2n) is 6.31. The van der Waals surface area contributed by atoms with Gasteiger partial charge in [0, 0.05) is 11.3 Å². The molecular formula is C14H28N2O2S. The monoisotopic (exact) mass is 288 g/mol. The molecule has 0 aromatic rings. The second kappa shape index (κ2) is 7.39. The number of carbonyl (C=O) groups is 1. The molecular weight excluding hydrogens is 260 g/mol. The maximum absolute atomic E-state index is 11.9. The minimum Gasteiger partial charge on any atom is -0.444 e. The molecule has 1 aliphatic heterocycles. The number of alkyl carbamates (subject to hydrolysis) is 1. The molecule has 0 saturated carbocycles. The van der Waals surface area contributed by atoms with Crippen molar-refractivity contribution in [1.82, 2.24) is 5.32 Å². The molecule has 0 aromatic carbocycles. The van der Waals surface area contributed by atoms with Crippen LogP contribution in [0.5, 0.6) is 0 Å². The number of rotatable bonds is 5. The number of thioether (sulfide) groups is 1. The maximum Gasteiger partial charge on any atom is 0.407 e. The molecule has 0 radical (unpaired) electrons. The van der Waals surface area contributed by atoms with E-state index in [1.807, 2.05) is 32.5 Å². The molecule has 0 aromatic heterocycles. The van der Waals surface area contributed by atoms with Gasteiger partial charge in [0.25, 0.3) is 0 Å². The minimum atomic E-state index is -0.436. The summed E-state index contributed by atoms with van der Waals surface area (Å²) in [5, 5.41) is 3.54. The molecule has 0 aliphatic carbocycles. The lowest BCUT2D eigenvalue weighted by atomic mass is 9.98. The van der Waals surface area contributed by atoms with Crippen LogP contribution in [0.4, 0.5) is 4.79 Å². The molecule has 112 valence electrons. The highest BCUT2D eigenvalue weighted by Gasteiger charge is 2.35. The van der Waals surface area contributed by atoms with Crippen LogP contribution in [0.25, 0.3) is 0 Å². The summed E-state index contributed by atoms with van der Waals surface area (Å²) in [6.45, 7) is 8.60. The van der Waals surface area contributed by atoms with E-state index in [-0.39, 0.29) is 12.1 Å². The van der Waals surface area contributed by atoms with Crippen molar-refractivity contribution in [2.45, 2.75) is 63.9 Å². The van der Waals surface area contributed by atoms with Crippen LogP contribution in [-0.2, 0) is 4.74 Å². The Morgan fingerprint density at radius 1 is 1.42 bits per heavy atom. The third-order valence-electron chi connectivity index (χ3n) is 3.21. The first kappa shape index (κ1) is 16.6. The highest BCUT2D eigenvalue weighted by molar-refractivity contribution is 8.00. The topological polar surface area (TPSA) is 64.3 Å². The fourth-order valence-electron chi connectivity index (χ4n) is 2.28. The van der Waals surface area contributed by atoms with E-state index in [9.17, 15) is 4.79 Å². The highest BCUT2D eigenvalue weighted by Crippen LogP contribution is 2.34. The molecule has 1 amide bonds. The van der Waals surface area contributed by atoms with Crippen LogP contribution in [0.3, 0.4) is 0 Å². The Morgan fingerprint density at radius 3 is 2.68 bits per heavy atom. The third kappa shape index (κ3) is 6.04. The van der Waals surface area contributed by atoms with Crippen molar-refractivity contribution >= 4 is 17.9 Å². The molecule has 1 fully saturated rings. The molecule has 19 heavy (non-hydrogen) atoms. The van der Waals surface area contributed by atoms with Crippen LogP contribution in [0.2, 0.25) is 0 Å². The Kier molecular flexibility index (Phi) is 6.47. The molecule has 0 bridgehead atoms. The Hall–Kier alpha value is -0.420. The lowest BCUT2D eigenvalue weighted by molar-refractivity contribution is 0.0492. The summed E-state index contributed by atoms with van der Waals surface area (Å²) in [4.78, 5) is 11.9. The van der Waals surface area contributed by atoms with E-state index in [2.05, 4.69) is 12.2 Å². The van der Waals surface area contributed by atoms with Crippen molar-refractivity contribution in [3.63, 3.8) is 0 Å². The number of unbranched alkanes of at least 4 members (excludes halogenated alkanes) is 1. The van der Waals surface area contributed by atoms with E-state index in [1.54, 1.807) is 0 Å². The number of nitrogens with two attached hydrogens (primary N) is 1. The van der Waals surface area contributed by atoms with Crippen molar-refractivity contribution in [3.05, 3.63) is 0 Å². The second-order valence-corrected chi connectivity index (χ2v) is 7.58. The van der Waals surface area contributed by atoms with Crippen LogP contribution < -0.4 is 11.1 Å². The number of hydrogen-bond acceptors (Lipinski definition) is 4. The molecule has 5 heteroatoms. The van der Waals surface area contributed by atoms with E-state index in [0.29, 0.717) is 11.2 Å². The van der Waals surface area contributed by atoms with Crippen molar-refractivity contribution < 1.29 is 9.53 Å². The van der Waals surface area contributed by atoms with Crippen molar-refractivity contribution in [1.29, 1.82) is 0 Å². The van der Waals surface area contributed by atoms with Gasteiger partial charge in [-0.3, -0.25) is 0 Å². The zero-order valence-corrected chi connectivity index (χ0v) is 13.4. The maximum atomic E-state index is 11.9. The van der Waals surface area contributed by atoms with Crippen LogP contribution in [0, 0.1) is 5.92 Å². The summed E-state index contributed by atoms with van der Waals surface area (Å²) in [6.07, 6.45) is 3.01. The average molecular weight is 288 g/mol. The number of nitrogens with one attached hydrogen (secondary N) is 1. The van der Waals surface area contributed by atoms with E-state index in [0.717, 1.165) is 31.6 Å². The van der Waals surface area contributed by atoms with Gasteiger partial charge in [0.05, 0.1) is 0 Å². The number of amides is 1. The molecule has 1 aliphatic rings. The van der Waals surface area contributed by atoms with Crippen LogP contribution in [0.1, 0.15) is 47.0 Å². The molecule has 0 unspecified atom stereocenters. The third-order valence-corrected chi connectivity index (χ3v) is 4.89. The molecule has 1 rings (SSSR count). The summed E-state index contributed by atoms with van der Waals surface area (Å²) < 4.78 is 5.34. The lowest BCUT2D eigenvalue weighted by Gasteiger charge is -2.26. The minimum absolute atomic E-state index is 0.220. The molecule has 1 saturated heterocycles. The SMILES string of the molecule is C[C@H]1CS[C@@H](CCCCN)[C@H]1NC(=O)OC(C)(C)C. The van der Waals surface area contributed by atoms with Gasteiger partial charge in [-0.15, -0.1) is 0 Å². The lowest BCUT2D eigenvalue weighted by Crippen LogP contribution is -2.45. The van der Waals surface area contributed by atoms with Crippen molar-refractivity contribution in [2.24, 2.45) is 11.7 Å². The first-order valence-corrected chi connectivity index (χ1v) is 8.19. The summed E-state index contributed by atoms with van der Waals surface area (Å²) >= 11 is 1.96. The van der Waals surface area contributed by atoms with E-state index in [4.69, 9.17) is 10.5 Å². The van der Waals surface area contributed by atoms with E-state index < -0.39 is 5.60 Å². The van der Waals surface area contributed by atoms with Gasteiger partial charge < -0.3 is 15.8 Å². The Bertz CT molecular complexity index is 292. The number of ether oxygens (including phenoxy) is 1. The quantitative estimate of drug-likeness (QED) is 0.764. The highest BCUT2D eigenvalue weighted by atomic mass is 32.2. The van der Waals surface area contributed by atoms with Gasteiger partial charge >= 0.3 is 6.09 Å². The standard InChI is InChI=1S/C14H28N2O2S/c1-10-9-19-11(7-5-6-8-15)12(10)16-13(17)18-14(2,3)4/h10-12H,5-9,15H2,1-4H3,(H,16,17)/t10-,11-,12-/m0/s1. The zero-order chi connectivity index (χ0) is 14.5. The largest absolute Gasteiger partial charge is 0.444 e. The van der Waals surface area contributed by atoms with Gasteiger partial charge in [0.2, 0.25) is 0 Å². The Labute approximate surface area is 121 Å². The van der Waals surface area contributed by atoms with Gasteiger partial charge in [-0.2, -0.15) is 11.8 Å². The molecule has 3 atom stereocenters. The van der Waals surface area contributed by atoms with Gasteiger partial charge in [0.15, 0.2) is 0 Å². The zero-order valence-electron chi connectivity index (χ0n) is 12.6. The molecule has 4 nitrogen and oxygen atoms in total. The Morgan fingerprint density at radius 2 is 2.11 bits per heavy atom. The average Bonchev–Trinajstić information content (AvgIpc) is 2.59. The van der Waals surface area contributed by atoms with Crippen LogP contribution >= 0.6 is 11.8 Å². The fourth-order valence-corrected chi connectivity index (χ4v) is 3.92. The number of carbonyl (C=O) groups excluding carboxylic acids is 1. The predicted octanol–water partition coefficient (Wildman–Crippen LogP) is 2.76. The van der Waals surface area contributed by atoms with Gasteiger partial charge in [-0.05, 0) is 51.8 Å².